The van der Waals surface area contributed by atoms with Gasteiger partial charge in [0, 0.05) is 46.1 Å². The van der Waals surface area contributed by atoms with E-state index in [9.17, 15) is 14.7 Å². The molecule has 0 aromatic heterocycles. The molecule has 5 aromatic carbocycles. The molecule has 9 nitrogen and oxygen atoms in total. The van der Waals surface area contributed by atoms with Crippen molar-refractivity contribution in [2.24, 2.45) is 5.92 Å². The molecule has 0 radical (unpaired) electrons. The molecule has 4 N–H and O–H groups in total. The first kappa shape index (κ1) is 34.7. The van der Waals surface area contributed by atoms with Crippen molar-refractivity contribution in [1.29, 1.82) is 0 Å². The van der Waals surface area contributed by atoms with E-state index in [0.717, 1.165) is 33.0 Å². The van der Waals surface area contributed by atoms with E-state index in [-0.39, 0.29) is 36.7 Å². The van der Waals surface area contributed by atoms with Gasteiger partial charge < -0.3 is 35.3 Å². The Morgan fingerprint density at radius 3 is 1.88 bits per heavy atom. The molecule has 1 aliphatic heterocycles. The number of urea groups is 1. The Balaban J connectivity index is 1.10. The van der Waals surface area contributed by atoms with Gasteiger partial charge in [0.15, 0.2) is 6.29 Å². The normalized spacial score (nSPS) is 18.5. The first-order valence-corrected chi connectivity index (χ1v) is 17.3. The number of aliphatic hydroxyl groups is 1. The summed E-state index contributed by atoms with van der Waals surface area (Å²) in [5, 5.41) is 18.1. The van der Waals surface area contributed by atoms with Crippen molar-refractivity contribution in [3.8, 4) is 11.5 Å². The molecule has 5 aromatic rings. The molecule has 10 heteroatoms. The third kappa shape index (κ3) is 9.31. The molecule has 1 saturated heterocycles. The molecule has 1 aliphatic rings. The maximum absolute atomic E-state index is 12.8. The van der Waals surface area contributed by atoms with Gasteiger partial charge in [0.25, 0.3) is 0 Å². The average Bonchev–Trinajstić information content (AvgIpc) is 3.13. The summed E-state index contributed by atoms with van der Waals surface area (Å²) >= 11 is 1.68. The van der Waals surface area contributed by atoms with Crippen molar-refractivity contribution in [2.75, 3.05) is 21.7 Å². The zero-order chi connectivity index (χ0) is 34.9. The molecular weight excluding hydrogens is 651 g/mol. The first-order chi connectivity index (χ1) is 24.3. The third-order valence-electron chi connectivity index (χ3n) is 8.24. The molecule has 0 saturated carbocycles. The number of aliphatic hydroxyl groups excluding tert-OH is 1. The van der Waals surface area contributed by atoms with Crippen molar-refractivity contribution in [3.63, 3.8) is 0 Å². The maximum Gasteiger partial charge on any atom is 0.323 e. The molecule has 0 spiro atoms. The number of ether oxygens (including phenoxy) is 3. The number of benzene rings is 5. The van der Waals surface area contributed by atoms with Gasteiger partial charge in [-0.2, -0.15) is 0 Å². The lowest BCUT2D eigenvalue weighted by Crippen LogP contribution is -2.38. The topological polar surface area (TPSA) is 118 Å². The van der Waals surface area contributed by atoms with Crippen LogP contribution in [0.25, 0.3) is 0 Å². The van der Waals surface area contributed by atoms with E-state index in [4.69, 9.17) is 14.2 Å². The summed E-state index contributed by atoms with van der Waals surface area (Å²) in [5.41, 5.74) is 4.66. The number of para-hydroxylation sites is 1. The Kier molecular flexibility index (Phi) is 11.5. The van der Waals surface area contributed by atoms with E-state index in [1.54, 1.807) is 36.0 Å². The quantitative estimate of drug-likeness (QED) is 0.102. The molecule has 1 fully saturated rings. The van der Waals surface area contributed by atoms with Crippen LogP contribution in [0.2, 0.25) is 0 Å². The molecule has 0 aliphatic carbocycles. The highest BCUT2D eigenvalue weighted by Gasteiger charge is 2.38. The van der Waals surface area contributed by atoms with Crippen LogP contribution in [0, 0.1) is 5.92 Å². The van der Waals surface area contributed by atoms with Crippen molar-refractivity contribution < 1.29 is 28.9 Å². The molecule has 256 valence electrons. The van der Waals surface area contributed by atoms with Gasteiger partial charge in [-0.25, -0.2) is 4.79 Å². The van der Waals surface area contributed by atoms with Crippen molar-refractivity contribution in [2.45, 2.75) is 43.8 Å². The van der Waals surface area contributed by atoms with Crippen molar-refractivity contribution in [3.05, 3.63) is 144 Å². The first-order valence-electron chi connectivity index (χ1n) is 16.3. The monoisotopic (exact) mass is 689 g/mol. The van der Waals surface area contributed by atoms with Crippen LogP contribution in [-0.4, -0.2) is 28.9 Å². The number of thioether (sulfide) groups is 1. The van der Waals surface area contributed by atoms with Crippen LogP contribution in [0.5, 0.6) is 11.5 Å². The summed E-state index contributed by atoms with van der Waals surface area (Å²) in [5.74, 6) is 2.01. The lowest BCUT2D eigenvalue weighted by Gasteiger charge is -2.41. The van der Waals surface area contributed by atoms with Crippen LogP contribution < -0.4 is 20.7 Å². The van der Waals surface area contributed by atoms with Gasteiger partial charge in [-0.3, -0.25) is 4.79 Å². The van der Waals surface area contributed by atoms with Gasteiger partial charge in [0.2, 0.25) is 5.91 Å². The predicted octanol–water partition coefficient (Wildman–Crippen LogP) is 9.16. The highest BCUT2D eigenvalue weighted by atomic mass is 32.2. The van der Waals surface area contributed by atoms with Crippen LogP contribution in [-0.2, 0) is 20.9 Å². The van der Waals surface area contributed by atoms with Gasteiger partial charge in [0.05, 0.1) is 18.8 Å². The number of carbonyl (C=O) groups excluding carboxylic acids is 2. The molecular formula is C40H39N3O6S. The minimum Gasteiger partial charge on any atom is -0.457 e. The summed E-state index contributed by atoms with van der Waals surface area (Å²) in [6, 6.07) is 39.3. The smallest absolute Gasteiger partial charge is 0.323 e. The fraction of sp³-hybridized carbons (Fsp3) is 0.200. The summed E-state index contributed by atoms with van der Waals surface area (Å²) in [4.78, 5) is 25.2. The Morgan fingerprint density at radius 2 is 1.26 bits per heavy atom. The number of anilines is 3. The highest BCUT2D eigenvalue weighted by Crippen LogP contribution is 2.43. The minimum atomic E-state index is -0.638. The molecule has 50 heavy (non-hydrogen) atoms. The Bertz CT molecular complexity index is 1850. The number of carbonyl (C=O) groups is 2. The van der Waals surface area contributed by atoms with Crippen molar-refractivity contribution in [1.82, 2.24) is 0 Å². The number of nitrogens with one attached hydrogen (secondary N) is 3. The average molecular weight is 690 g/mol. The van der Waals surface area contributed by atoms with Crippen LogP contribution >= 0.6 is 11.8 Å². The number of rotatable bonds is 11. The Hall–Kier alpha value is -5.13. The van der Waals surface area contributed by atoms with Gasteiger partial charge in [-0.15, -0.1) is 11.8 Å². The van der Waals surface area contributed by atoms with E-state index in [1.165, 1.54) is 6.92 Å². The van der Waals surface area contributed by atoms with Crippen LogP contribution in [0.4, 0.5) is 21.9 Å². The molecule has 3 amide bonds. The molecule has 1 heterocycles. The van der Waals surface area contributed by atoms with Crippen LogP contribution in [0.1, 0.15) is 42.9 Å². The molecule has 4 atom stereocenters. The Labute approximate surface area is 296 Å². The largest absolute Gasteiger partial charge is 0.457 e. The summed E-state index contributed by atoms with van der Waals surface area (Å²) in [7, 11) is 0. The number of hydrogen-bond acceptors (Lipinski definition) is 7. The SMILES string of the molecule is CC(=O)Nc1ccc(SC[C@@H]2O[C@H](c3ccc(NC(=O)Nc4ccc(Oc5ccccc5)cc4)cc3)O[C@H](c3ccc(CO)cc3)[C@@H]2C)cc1. The zero-order valence-electron chi connectivity index (χ0n) is 27.7. The van der Waals surface area contributed by atoms with Gasteiger partial charge in [-0.05, 0) is 83.9 Å². The Morgan fingerprint density at radius 1 is 0.700 bits per heavy atom. The second-order valence-corrected chi connectivity index (χ2v) is 13.1. The number of amides is 3. The van der Waals surface area contributed by atoms with E-state index in [2.05, 4.69) is 22.9 Å². The second-order valence-electron chi connectivity index (χ2n) is 12.0. The van der Waals surface area contributed by atoms with E-state index >= 15 is 0 Å². The molecule has 0 bridgehead atoms. The van der Waals surface area contributed by atoms with E-state index < -0.39 is 6.29 Å². The molecule has 6 rings (SSSR count). The zero-order valence-corrected chi connectivity index (χ0v) is 28.6. The van der Waals surface area contributed by atoms with Crippen molar-refractivity contribution >= 4 is 40.8 Å². The van der Waals surface area contributed by atoms with Crippen LogP contribution in [0.15, 0.2) is 132 Å². The minimum absolute atomic E-state index is 0.0263. The fourth-order valence-electron chi connectivity index (χ4n) is 5.57. The lowest BCUT2D eigenvalue weighted by atomic mass is 9.91. The molecule has 0 unspecified atom stereocenters. The number of hydrogen-bond donors (Lipinski definition) is 4. The summed E-state index contributed by atoms with van der Waals surface area (Å²) in [6.07, 6.45) is -1.03. The summed E-state index contributed by atoms with van der Waals surface area (Å²) < 4.78 is 19.0. The van der Waals surface area contributed by atoms with Gasteiger partial charge >= 0.3 is 6.03 Å². The fourth-order valence-corrected chi connectivity index (χ4v) is 6.64. The highest BCUT2D eigenvalue weighted by molar-refractivity contribution is 7.99. The van der Waals surface area contributed by atoms with E-state index in [0.29, 0.717) is 22.9 Å². The lowest BCUT2D eigenvalue weighted by molar-refractivity contribution is -0.268. The van der Waals surface area contributed by atoms with Gasteiger partial charge in [-0.1, -0.05) is 61.5 Å². The summed E-state index contributed by atoms with van der Waals surface area (Å²) in [6.45, 7) is 3.59. The predicted molar refractivity (Wildman–Crippen MR) is 196 cm³/mol. The second kappa shape index (κ2) is 16.5. The maximum atomic E-state index is 12.8. The third-order valence-corrected chi connectivity index (χ3v) is 9.34. The van der Waals surface area contributed by atoms with Crippen LogP contribution in [0.3, 0.4) is 0 Å². The standard InChI is InChI=1S/C40H39N3O6S/c1-26-37(25-50-36-22-18-31(19-23-36)41-27(2)45)48-39(49-38(26)29-10-8-28(24-44)9-11-29)30-12-14-32(15-13-30)42-40(46)43-33-16-20-35(21-17-33)47-34-6-4-3-5-7-34/h3-23,26,37-39,44H,24-25H2,1-2H3,(H,41,45)(H2,42,43,46)/t26-,37+,38+,39+/m1/s1. The van der Waals surface area contributed by atoms with Gasteiger partial charge in [0.1, 0.15) is 11.5 Å². The van der Waals surface area contributed by atoms with E-state index in [1.807, 2.05) is 103 Å².